The number of benzene rings is 1. The van der Waals surface area contributed by atoms with Crippen LogP contribution in [0.25, 0.3) is 0 Å². The molecule has 19 heavy (non-hydrogen) atoms. The van der Waals surface area contributed by atoms with Gasteiger partial charge in [-0.15, -0.1) is 0 Å². The highest BCUT2D eigenvalue weighted by molar-refractivity contribution is 9.10. The van der Waals surface area contributed by atoms with Gasteiger partial charge in [0.2, 0.25) is 0 Å². The van der Waals surface area contributed by atoms with E-state index in [0.717, 1.165) is 0 Å². The largest absolute Gasteiger partial charge is 0.480 e. The summed E-state index contributed by atoms with van der Waals surface area (Å²) in [5, 5.41) is 0. The fourth-order valence-corrected chi connectivity index (χ4v) is 2.29. The van der Waals surface area contributed by atoms with Crippen molar-refractivity contribution in [2.75, 3.05) is 0 Å². The fourth-order valence-electron chi connectivity index (χ4n) is 1.95. The molecule has 0 aromatic heterocycles. The van der Waals surface area contributed by atoms with Gasteiger partial charge in [-0.3, -0.25) is 0 Å². The van der Waals surface area contributed by atoms with Gasteiger partial charge in [0.25, 0.3) is 0 Å². The summed E-state index contributed by atoms with van der Waals surface area (Å²) in [6, 6.07) is 4.79. The molecule has 104 valence electrons. The van der Waals surface area contributed by atoms with Crippen LogP contribution in [0.1, 0.15) is 39.2 Å². The third kappa shape index (κ3) is 2.72. The van der Waals surface area contributed by atoms with Crippen molar-refractivity contribution in [3.05, 3.63) is 34.1 Å². The molecule has 1 atom stereocenters. The minimum absolute atomic E-state index is 0.364. The average Bonchev–Trinajstić information content (AvgIpc) is 2.47. The molecule has 2 rings (SSSR count). The van der Waals surface area contributed by atoms with Crippen molar-refractivity contribution in [2.24, 2.45) is 5.73 Å². The lowest BCUT2D eigenvalue weighted by Crippen LogP contribution is -2.41. The molecule has 1 aromatic carbocycles. The first-order valence-corrected chi connectivity index (χ1v) is 6.99. The third-order valence-electron chi connectivity index (χ3n) is 3.89. The summed E-state index contributed by atoms with van der Waals surface area (Å²) in [5.74, 6) is -1.02. The van der Waals surface area contributed by atoms with Crippen molar-refractivity contribution >= 4 is 23.0 Å². The standard InChI is InChI=1S/C13H18BBrFNO2/c1-12(2)13(3,4)19-14(18-12)11(17)9-6-5-8(15)7-10(9)16/h5-7,11H,17H2,1-4H3/t11-/m1/s1. The van der Waals surface area contributed by atoms with Crippen molar-refractivity contribution in [1.29, 1.82) is 0 Å². The van der Waals surface area contributed by atoms with Crippen molar-refractivity contribution in [2.45, 2.75) is 44.8 Å². The molecule has 0 radical (unpaired) electrons. The normalized spacial score (nSPS) is 22.6. The van der Waals surface area contributed by atoms with Crippen LogP contribution in [0.3, 0.4) is 0 Å². The summed E-state index contributed by atoms with van der Waals surface area (Å²) < 4.78 is 26.3. The Morgan fingerprint density at radius 3 is 2.21 bits per heavy atom. The number of nitrogens with two attached hydrogens (primary N) is 1. The monoisotopic (exact) mass is 329 g/mol. The topological polar surface area (TPSA) is 44.5 Å². The smallest absolute Gasteiger partial charge is 0.402 e. The van der Waals surface area contributed by atoms with Crippen LogP contribution >= 0.6 is 15.9 Å². The summed E-state index contributed by atoms with van der Waals surface area (Å²) in [6.07, 6.45) is 0. The van der Waals surface area contributed by atoms with Crippen LogP contribution in [0.4, 0.5) is 4.39 Å². The Bertz CT molecular complexity index is 480. The number of hydrogen-bond acceptors (Lipinski definition) is 3. The molecule has 1 aromatic rings. The van der Waals surface area contributed by atoms with Crippen LogP contribution in [-0.4, -0.2) is 18.3 Å². The van der Waals surface area contributed by atoms with Gasteiger partial charge in [0, 0.05) is 10.0 Å². The van der Waals surface area contributed by atoms with Gasteiger partial charge in [-0.25, -0.2) is 4.39 Å². The Morgan fingerprint density at radius 1 is 1.21 bits per heavy atom. The SMILES string of the molecule is CC1(C)OB([C@H](N)c2ccc(Br)cc2F)OC1(C)C. The molecule has 0 unspecified atom stereocenters. The van der Waals surface area contributed by atoms with Gasteiger partial charge in [-0.05, 0) is 39.8 Å². The second-order valence-electron chi connectivity index (χ2n) is 5.82. The Kier molecular flexibility index (Phi) is 3.82. The summed E-state index contributed by atoms with van der Waals surface area (Å²) in [7, 11) is -0.652. The van der Waals surface area contributed by atoms with E-state index < -0.39 is 24.3 Å². The van der Waals surface area contributed by atoms with E-state index in [1.807, 2.05) is 27.7 Å². The first-order chi connectivity index (χ1) is 8.64. The van der Waals surface area contributed by atoms with Crippen molar-refractivity contribution in [1.82, 2.24) is 0 Å². The van der Waals surface area contributed by atoms with Gasteiger partial charge < -0.3 is 15.0 Å². The van der Waals surface area contributed by atoms with Crippen molar-refractivity contribution < 1.29 is 13.7 Å². The van der Waals surface area contributed by atoms with E-state index in [-0.39, 0.29) is 5.82 Å². The minimum atomic E-state index is -0.658. The predicted octanol–water partition coefficient (Wildman–Crippen LogP) is 3.22. The lowest BCUT2D eigenvalue weighted by atomic mass is 9.75. The average molecular weight is 330 g/mol. The van der Waals surface area contributed by atoms with E-state index in [9.17, 15) is 4.39 Å². The van der Waals surface area contributed by atoms with Gasteiger partial charge in [-0.1, -0.05) is 22.0 Å². The molecule has 0 amide bonds. The zero-order chi connectivity index (χ0) is 14.4. The van der Waals surface area contributed by atoms with Gasteiger partial charge in [0.15, 0.2) is 0 Å². The molecular formula is C13H18BBrFNO2. The number of halogens is 2. The van der Waals surface area contributed by atoms with E-state index >= 15 is 0 Å². The first-order valence-electron chi connectivity index (χ1n) is 6.20. The van der Waals surface area contributed by atoms with Crippen LogP contribution in [0.15, 0.2) is 22.7 Å². The lowest BCUT2D eigenvalue weighted by molar-refractivity contribution is 0.00578. The van der Waals surface area contributed by atoms with Crippen LogP contribution in [0.5, 0.6) is 0 Å². The predicted molar refractivity (Wildman–Crippen MR) is 77.1 cm³/mol. The zero-order valence-corrected chi connectivity index (χ0v) is 13.1. The molecule has 1 heterocycles. The highest BCUT2D eigenvalue weighted by Crippen LogP contribution is 2.39. The maximum absolute atomic E-state index is 13.9. The zero-order valence-electron chi connectivity index (χ0n) is 11.5. The van der Waals surface area contributed by atoms with Gasteiger partial charge in [0.1, 0.15) is 5.82 Å². The van der Waals surface area contributed by atoms with E-state index in [1.165, 1.54) is 6.07 Å². The molecule has 0 spiro atoms. The summed E-state index contributed by atoms with van der Waals surface area (Å²) in [6.45, 7) is 7.77. The maximum atomic E-state index is 13.9. The van der Waals surface area contributed by atoms with Crippen molar-refractivity contribution in [3.63, 3.8) is 0 Å². The van der Waals surface area contributed by atoms with Crippen LogP contribution in [-0.2, 0) is 9.31 Å². The van der Waals surface area contributed by atoms with E-state index in [1.54, 1.807) is 12.1 Å². The van der Waals surface area contributed by atoms with E-state index in [4.69, 9.17) is 15.0 Å². The maximum Gasteiger partial charge on any atom is 0.480 e. The van der Waals surface area contributed by atoms with E-state index in [0.29, 0.717) is 10.0 Å². The Labute approximate surface area is 121 Å². The van der Waals surface area contributed by atoms with Crippen LogP contribution in [0, 0.1) is 5.82 Å². The minimum Gasteiger partial charge on any atom is -0.402 e. The van der Waals surface area contributed by atoms with Crippen LogP contribution in [0.2, 0.25) is 0 Å². The molecule has 6 heteroatoms. The highest BCUT2D eigenvalue weighted by Gasteiger charge is 2.53. The highest BCUT2D eigenvalue weighted by atomic mass is 79.9. The van der Waals surface area contributed by atoms with Gasteiger partial charge in [0.05, 0.1) is 17.1 Å². The summed E-state index contributed by atoms with van der Waals surface area (Å²) in [4.78, 5) is 0. The molecule has 1 saturated heterocycles. The van der Waals surface area contributed by atoms with Crippen molar-refractivity contribution in [3.8, 4) is 0 Å². The molecule has 0 bridgehead atoms. The molecule has 0 saturated carbocycles. The molecular weight excluding hydrogens is 312 g/mol. The lowest BCUT2D eigenvalue weighted by Gasteiger charge is -2.32. The Morgan fingerprint density at radius 2 is 1.74 bits per heavy atom. The number of rotatable bonds is 2. The first kappa shape index (κ1) is 15.0. The van der Waals surface area contributed by atoms with Crippen LogP contribution < -0.4 is 5.73 Å². The third-order valence-corrected chi connectivity index (χ3v) is 4.38. The summed E-state index contributed by atoms with van der Waals surface area (Å²) >= 11 is 3.22. The molecule has 1 aliphatic rings. The van der Waals surface area contributed by atoms with E-state index in [2.05, 4.69) is 15.9 Å². The molecule has 2 N–H and O–H groups in total. The molecule has 1 fully saturated rings. The quantitative estimate of drug-likeness (QED) is 0.847. The number of hydrogen-bond donors (Lipinski definition) is 1. The Hall–Kier alpha value is -0.425. The summed E-state index contributed by atoms with van der Waals surface area (Å²) in [5.41, 5.74) is 5.54. The van der Waals surface area contributed by atoms with Gasteiger partial charge in [-0.2, -0.15) is 0 Å². The second-order valence-corrected chi connectivity index (χ2v) is 6.73. The molecule has 1 aliphatic heterocycles. The Balaban J connectivity index is 2.24. The fraction of sp³-hybridized carbons (Fsp3) is 0.538. The second kappa shape index (κ2) is 4.84. The van der Waals surface area contributed by atoms with Gasteiger partial charge >= 0.3 is 7.12 Å². The molecule has 0 aliphatic carbocycles. The molecule has 3 nitrogen and oxygen atoms in total.